The molecule has 0 spiro atoms. The second-order valence-corrected chi connectivity index (χ2v) is 5.26. The molecule has 1 fully saturated rings. The van der Waals surface area contributed by atoms with E-state index in [4.69, 9.17) is 5.11 Å². The van der Waals surface area contributed by atoms with Gasteiger partial charge in [0.25, 0.3) is 0 Å². The summed E-state index contributed by atoms with van der Waals surface area (Å²) in [5.74, 6) is -0.931. The molecule has 0 aromatic carbocycles. The number of nitrogens with zero attached hydrogens (tertiary/aromatic N) is 1. The van der Waals surface area contributed by atoms with Crippen molar-refractivity contribution in [1.82, 2.24) is 4.98 Å². The fourth-order valence-electron chi connectivity index (χ4n) is 2.26. The average molecular weight is 252 g/mol. The van der Waals surface area contributed by atoms with Crippen molar-refractivity contribution in [3.05, 3.63) is 24.0 Å². The molecule has 2 unspecified atom stereocenters. The van der Waals surface area contributed by atoms with Crippen LogP contribution in [0.2, 0.25) is 0 Å². The van der Waals surface area contributed by atoms with E-state index in [1.165, 1.54) is 19.0 Å². The molecule has 17 heavy (non-hydrogen) atoms. The fourth-order valence-corrected chi connectivity index (χ4v) is 3.20. The number of pyridine rings is 1. The van der Waals surface area contributed by atoms with Gasteiger partial charge in [0.15, 0.2) is 0 Å². The first-order valence-corrected chi connectivity index (χ1v) is 6.98. The number of thioether (sulfide) groups is 1. The number of carboxylic acids is 1. The predicted molar refractivity (Wildman–Crippen MR) is 69.8 cm³/mol. The third-order valence-electron chi connectivity index (χ3n) is 3.15. The molecule has 1 aromatic rings. The number of aromatic nitrogens is 1. The Morgan fingerprint density at radius 2 is 2.41 bits per heavy atom. The molecule has 2 N–H and O–H groups in total. The van der Waals surface area contributed by atoms with E-state index >= 15 is 0 Å². The average Bonchev–Trinajstić information content (AvgIpc) is 2.77. The van der Waals surface area contributed by atoms with Gasteiger partial charge < -0.3 is 10.4 Å². The minimum absolute atomic E-state index is 0.249. The molecule has 0 aliphatic heterocycles. The number of hydrogen-bond donors (Lipinski definition) is 2. The molecule has 0 bridgehead atoms. The van der Waals surface area contributed by atoms with Crippen LogP contribution in [-0.4, -0.2) is 33.6 Å². The zero-order valence-corrected chi connectivity index (χ0v) is 10.5. The highest BCUT2D eigenvalue weighted by atomic mass is 32.2. The van der Waals surface area contributed by atoms with Crippen molar-refractivity contribution < 1.29 is 9.90 Å². The number of aromatic carboxylic acids is 1. The molecule has 1 heterocycles. The number of rotatable bonds is 4. The van der Waals surface area contributed by atoms with Crippen LogP contribution in [0.4, 0.5) is 5.69 Å². The Kier molecular flexibility index (Phi) is 3.89. The highest BCUT2D eigenvalue weighted by molar-refractivity contribution is 7.99. The predicted octanol–water partition coefficient (Wildman–Crippen LogP) is 2.48. The Morgan fingerprint density at radius 3 is 3.12 bits per heavy atom. The number of nitrogens with one attached hydrogen (secondary N) is 1. The zero-order valence-electron chi connectivity index (χ0n) is 9.72. The largest absolute Gasteiger partial charge is 0.478 e. The van der Waals surface area contributed by atoms with Crippen molar-refractivity contribution in [1.29, 1.82) is 0 Å². The third-order valence-corrected chi connectivity index (χ3v) is 4.32. The summed E-state index contributed by atoms with van der Waals surface area (Å²) in [7, 11) is 0. The van der Waals surface area contributed by atoms with E-state index < -0.39 is 5.97 Å². The van der Waals surface area contributed by atoms with Gasteiger partial charge in [0.1, 0.15) is 5.56 Å². The van der Waals surface area contributed by atoms with Crippen LogP contribution in [0, 0.1) is 0 Å². The summed E-state index contributed by atoms with van der Waals surface area (Å²) >= 11 is 1.85. The van der Waals surface area contributed by atoms with Crippen LogP contribution in [0.3, 0.4) is 0 Å². The molecule has 2 rings (SSSR count). The Labute approximate surface area is 105 Å². The molecule has 5 heteroatoms. The third kappa shape index (κ3) is 2.72. The SMILES string of the molecule is CSC1CCCC1Nc1ccncc1C(=O)O. The van der Waals surface area contributed by atoms with Crippen LogP contribution in [0.5, 0.6) is 0 Å². The summed E-state index contributed by atoms with van der Waals surface area (Å²) in [6, 6.07) is 2.10. The van der Waals surface area contributed by atoms with Crippen molar-refractivity contribution in [2.75, 3.05) is 11.6 Å². The minimum Gasteiger partial charge on any atom is -0.478 e. The normalized spacial score (nSPS) is 23.6. The Balaban J connectivity index is 2.15. The van der Waals surface area contributed by atoms with Crippen LogP contribution in [-0.2, 0) is 0 Å². The summed E-state index contributed by atoms with van der Waals surface area (Å²) in [6.45, 7) is 0. The fraction of sp³-hybridized carbons (Fsp3) is 0.500. The Bertz CT molecular complexity index is 411. The molecule has 4 nitrogen and oxygen atoms in total. The lowest BCUT2D eigenvalue weighted by atomic mass is 10.2. The zero-order chi connectivity index (χ0) is 12.3. The van der Waals surface area contributed by atoms with E-state index in [2.05, 4.69) is 16.6 Å². The topological polar surface area (TPSA) is 62.2 Å². The summed E-state index contributed by atoms with van der Waals surface area (Å²) in [4.78, 5) is 14.9. The molecule has 1 aromatic heterocycles. The second kappa shape index (κ2) is 5.40. The second-order valence-electron chi connectivity index (χ2n) is 4.18. The lowest BCUT2D eigenvalue weighted by molar-refractivity contribution is 0.0697. The first kappa shape index (κ1) is 12.2. The molecule has 1 saturated carbocycles. The maximum absolute atomic E-state index is 11.1. The molecule has 2 atom stereocenters. The highest BCUT2D eigenvalue weighted by Crippen LogP contribution is 2.31. The maximum atomic E-state index is 11.1. The molecular weight excluding hydrogens is 236 g/mol. The van der Waals surface area contributed by atoms with Gasteiger partial charge in [-0.25, -0.2) is 4.79 Å². The smallest absolute Gasteiger partial charge is 0.339 e. The van der Waals surface area contributed by atoms with E-state index in [1.54, 1.807) is 12.3 Å². The summed E-state index contributed by atoms with van der Waals surface area (Å²) in [5, 5.41) is 13.0. The van der Waals surface area contributed by atoms with E-state index in [1.807, 2.05) is 11.8 Å². The van der Waals surface area contributed by atoms with Crippen LogP contribution < -0.4 is 5.32 Å². The van der Waals surface area contributed by atoms with Crippen molar-refractivity contribution in [3.63, 3.8) is 0 Å². The van der Waals surface area contributed by atoms with Gasteiger partial charge in [-0.3, -0.25) is 4.98 Å². The van der Waals surface area contributed by atoms with Crippen molar-refractivity contribution in [2.45, 2.75) is 30.6 Å². The standard InChI is InChI=1S/C12H16N2O2S/c1-17-11-4-2-3-10(11)14-9-5-6-13-7-8(9)12(15)16/h5-7,10-11H,2-4H2,1H3,(H,13,14)(H,15,16). The number of carboxylic acid groups (broad SMARTS) is 1. The number of anilines is 1. The number of carbonyl (C=O) groups is 1. The van der Waals surface area contributed by atoms with Crippen LogP contribution >= 0.6 is 11.8 Å². The van der Waals surface area contributed by atoms with E-state index in [0.717, 1.165) is 6.42 Å². The van der Waals surface area contributed by atoms with Gasteiger partial charge in [0.05, 0.1) is 5.69 Å². The van der Waals surface area contributed by atoms with Gasteiger partial charge in [0, 0.05) is 23.7 Å². The molecular formula is C12H16N2O2S. The monoisotopic (exact) mass is 252 g/mol. The van der Waals surface area contributed by atoms with Gasteiger partial charge >= 0.3 is 5.97 Å². The molecule has 1 aliphatic carbocycles. The highest BCUT2D eigenvalue weighted by Gasteiger charge is 2.27. The van der Waals surface area contributed by atoms with Gasteiger partial charge in [-0.05, 0) is 25.2 Å². The first-order chi connectivity index (χ1) is 8.22. The number of hydrogen-bond acceptors (Lipinski definition) is 4. The molecule has 0 saturated heterocycles. The first-order valence-electron chi connectivity index (χ1n) is 5.69. The van der Waals surface area contributed by atoms with Gasteiger partial charge in [-0.2, -0.15) is 11.8 Å². The van der Waals surface area contributed by atoms with E-state index in [-0.39, 0.29) is 5.56 Å². The van der Waals surface area contributed by atoms with E-state index in [0.29, 0.717) is 17.0 Å². The molecule has 1 aliphatic rings. The summed E-state index contributed by atoms with van der Waals surface area (Å²) in [5.41, 5.74) is 0.928. The summed E-state index contributed by atoms with van der Waals surface area (Å²) in [6.07, 6.45) is 8.64. The van der Waals surface area contributed by atoms with Crippen LogP contribution in [0.15, 0.2) is 18.5 Å². The van der Waals surface area contributed by atoms with Crippen molar-refractivity contribution in [2.24, 2.45) is 0 Å². The maximum Gasteiger partial charge on any atom is 0.339 e. The van der Waals surface area contributed by atoms with Gasteiger partial charge in [-0.1, -0.05) is 6.42 Å². The minimum atomic E-state index is -0.931. The van der Waals surface area contributed by atoms with Gasteiger partial charge in [0.2, 0.25) is 0 Å². The molecule has 92 valence electrons. The Morgan fingerprint density at radius 1 is 1.59 bits per heavy atom. The lowest BCUT2D eigenvalue weighted by Crippen LogP contribution is -2.26. The summed E-state index contributed by atoms with van der Waals surface area (Å²) < 4.78 is 0. The van der Waals surface area contributed by atoms with E-state index in [9.17, 15) is 4.79 Å². The van der Waals surface area contributed by atoms with Crippen LogP contribution in [0.25, 0.3) is 0 Å². The van der Waals surface area contributed by atoms with Gasteiger partial charge in [-0.15, -0.1) is 0 Å². The van der Waals surface area contributed by atoms with Crippen molar-refractivity contribution in [3.8, 4) is 0 Å². The quantitative estimate of drug-likeness (QED) is 0.862. The van der Waals surface area contributed by atoms with Crippen LogP contribution in [0.1, 0.15) is 29.6 Å². The molecule has 0 amide bonds. The Hall–Kier alpha value is -1.23. The lowest BCUT2D eigenvalue weighted by Gasteiger charge is -2.21. The van der Waals surface area contributed by atoms with Crippen molar-refractivity contribution >= 4 is 23.4 Å². The molecule has 0 radical (unpaired) electrons.